The second kappa shape index (κ2) is 8.26. The number of anilines is 1. The molecule has 3 rings (SSSR count). The molecule has 0 N–H and O–H groups in total. The first kappa shape index (κ1) is 19.6. The van der Waals surface area contributed by atoms with Crippen LogP contribution >= 0.6 is 0 Å². The molecule has 1 saturated heterocycles. The summed E-state index contributed by atoms with van der Waals surface area (Å²) in [4.78, 5) is 13.7. The van der Waals surface area contributed by atoms with Gasteiger partial charge >= 0.3 is 0 Å². The van der Waals surface area contributed by atoms with Crippen LogP contribution in [0.25, 0.3) is 0 Å². The van der Waals surface area contributed by atoms with E-state index in [4.69, 9.17) is 0 Å². The van der Waals surface area contributed by atoms with Crippen LogP contribution in [-0.2, 0) is 33.2 Å². The molecule has 0 spiro atoms. The van der Waals surface area contributed by atoms with Gasteiger partial charge in [-0.15, -0.1) is 0 Å². The molecule has 1 amide bonds. The van der Waals surface area contributed by atoms with E-state index in [9.17, 15) is 13.2 Å². The van der Waals surface area contributed by atoms with Gasteiger partial charge in [0.2, 0.25) is 5.91 Å². The van der Waals surface area contributed by atoms with Gasteiger partial charge in [-0.25, -0.2) is 8.42 Å². The molecular weight excluding hydrogens is 358 g/mol. The van der Waals surface area contributed by atoms with Crippen LogP contribution in [0.5, 0.6) is 0 Å². The Labute approximate surface area is 162 Å². The lowest BCUT2D eigenvalue weighted by atomic mass is 10.0. The molecule has 0 radical (unpaired) electrons. The summed E-state index contributed by atoms with van der Waals surface area (Å²) >= 11 is 0. The maximum atomic E-state index is 12.0. The number of carbonyl (C=O) groups excluding carboxylic acids is 1. The van der Waals surface area contributed by atoms with Gasteiger partial charge in [0.25, 0.3) is 0 Å². The highest BCUT2D eigenvalue weighted by Gasteiger charge is 2.21. The van der Waals surface area contributed by atoms with Crippen molar-refractivity contribution >= 4 is 21.4 Å². The molecule has 0 bridgehead atoms. The van der Waals surface area contributed by atoms with E-state index >= 15 is 0 Å². The maximum absolute atomic E-state index is 12.0. The molecule has 4 nitrogen and oxygen atoms in total. The van der Waals surface area contributed by atoms with E-state index in [-0.39, 0.29) is 16.9 Å². The SMILES string of the molecule is CC(C)S(=O)(=O)Cc1ccc(CCc2ccc(N3CCCC3=O)cc2)cc1. The van der Waals surface area contributed by atoms with Crippen LogP contribution in [0.3, 0.4) is 0 Å². The van der Waals surface area contributed by atoms with Gasteiger partial charge in [-0.3, -0.25) is 4.79 Å². The van der Waals surface area contributed by atoms with Crippen LogP contribution in [0.15, 0.2) is 48.5 Å². The van der Waals surface area contributed by atoms with Gasteiger partial charge in [0.1, 0.15) is 0 Å². The maximum Gasteiger partial charge on any atom is 0.227 e. The Kier molecular flexibility index (Phi) is 6.00. The summed E-state index contributed by atoms with van der Waals surface area (Å²) in [6, 6.07) is 16.1. The lowest BCUT2D eigenvalue weighted by molar-refractivity contribution is -0.117. The Morgan fingerprint density at radius 2 is 1.41 bits per heavy atom. The van der Waals surface area contributed by atoms with Crippen LogP contribution in [0.1, 0.15) is 43.4 Å². The molecule has 0 saturated carbocycles. The van der Waals surface area contributed by atoms with E-state index in [1.165, 1.54) is 11.1 Å². The molecule has 1 aliphatic rings. The second-order valence-electron chi connectivity index (χ2n) is 7.49. The van der Waals surface area contributed by atoms with Crippen LogP contribution in [0.2, 0.25) is 0 Å². The molecule has 0 aliphatic carbocycles. The van der Waals surface area contributed by atoms with Gasteiger partial charge in [0, 0.05) is 18.7 Å². The summed E-state index contributed by atoms with van der Waals surface area (Å²) in [5.74, 6) is 0.309. The van der Waals surface area contributed by atoms with Gasteiger partial charge < -0.3 is 4.90 Å². The highest BCUT2D eigenvalue weighted by molar-refractivity contribution is 7.91. The molecule has 5 heteroatoms. The van der Waals surface area contributed by atoms with Crippen LogP contribution < -0.4 is 4.90 Å². The quantitative estimate of drug-likeness (QED) is 0.726. The van der Waals surface area contributed by atoms with Crippen LogP contribution in [0.4, 0.5) is 5.69 Å². The van der Waals surface area contributed by atoms with Crippen LogP contribution in [-0.4, -0.2) is 26.1 Å². The molecule has 2 aromatic carbocycles. The standard InChI is InChI=1S/C22H27NO3S/c1-17(2)27(25,26)16-20-9-7-18(8-10-20)5-6-19-11-13-21(14-12-19)23-15-3-4-22(23)24/h7-14,17H,3-6,15-16H2,1-2H3. The average Bonchev–Trinajstić information content (AvgIpc) is 3.07. The molecule has 1 aliphatic heterocycles. The van der Waals surface area contributed by atoms with Gasteiger partial charge in [-0.1, -0.05) is 36.4 Å². The molecule has 144 valence electrons. The minimum absolute atomic E-state index is 0.0988. The third kappa shape index (κ3) is 4.98. The zero-order chi connectivity index (χ0) is 19.4. The van der Waals surface area contributed by atoms with Crippen molar-refractivity contribution in [2.75, 3.05) is 11.4 Å². The normalized spacial score (nSPS) is 14.9. The first-order chi connectivity index (χ1) is 12.8. The van der Waals surface area contributed by atoms with Crippen molar-refractivity contribution in [3.63, 3.8) is 0 Å². The largest absolute Gasteiger partial charge is 0.312 e. The molecular formula is C22H27NO3S. The van der Waals surface area contributed by atoms with E-state index in [2.05, 4.69) is 12.1 Å². The number of rotatable bonds is 7. The minimum atomic E-state index is -3.06. The van der Waals surface area contributed by atoms with Gasteiger partial charge in [0.05, 0.1) is 11.0 Å². The molecule has 1 heterocycles. The van der Waals surface area contributed by atoms with Crippen molar-refractivity contribution in [1.29, 1.82) is 0 Å². The Hall–Kier alpha value is -2.14. The third-order valence-electron chi connectivity index (χ3n) is 5.13. The Balaban J connectivity index is 1.56. The van der Waals surface area contributed by atoms with Gasteiger partial charge in [-0.2, -0.15) is 0 Å². The summed E-state index contributed by atoms with van der Waals surface area (Å²) in [5.41, 5.74) is 4.25. The van der Waals surface area contributed by atoms with Crippen molar-refractivity contribution in [3.05, 3.63) is 65.2 Å². The third-order valence-corrected chi connectivity index (χ3v) is 7.31. The van der Waals surface area contributed by atoms with E-state index in [1.807, 2.05) is 41.3 Å². The topological polar surface area (TPSA) is 54.5 Å². The van der Waals surface area contributed by atoms with Gasteiger partial charge in [0.15, 0.2) is 9.84 Å². The number of aryl methyl sites for hydroxylation is 2. The molecule has 0 aromatic heterocycles. The lowest BCUT2D eigenvalue weighted by Gasteiger charge is -2.16. The van der Waals surface area contributed by atoms with E-state index in [1.54, 1.807) is 13.8 Å². The predicted molar refractivity (Wildman–Crippen MR) is 110 cm³/mol. The fraction of sp³-hybridized carbons (Fsp3) is 0.409. The highest BCUT2D eigenvalue weighted by Crippen LogP contribution is 2.22. The average molecular weight is 386 g/mol. The molecule has 2 aromatic rings. The molecule has 0 atom stereocenters. The van der Waals surface area contributed by atoms with Crippen molar-refractivity contribution in [2.45, 2.75) is 50.5 Å². The molecule has 0 unspecified atom stereocenters. The number of hydrogen-bond donors (Lipinski definition) is 0. The smallest absolute Gasteiger partial charge is 0.227 e. The van der Waals surface area contributed by atoms with Crippen molar-refractivity contribution in [2.24, 2.45) is 0 Å². The predicted octanol–water partition coefficient (Wildman–Crippen LogP) is 3.92. The first-order valence-corrected chi connectivity index (χ1v) is 11.3. The number of sulfone groups is 1. The van der Waals surface area contributed by atoms with Crippen molar-refractivity contribution in [1.82, 2.24) is 0 Å². The van der Waals surface area contributed by atoms with Crippen molar-refractivity contribution < 1.29 is 13.2 Å². The minimum Gasteiger partial charge on any atom is -0.312 e. The lowest BCUT2D eigenvalue weighted by Crippen LogP contribution is -2.23. The fourth-order valence-corrected chi connectivity index (χ4v) is 4.24. The summed E-state index contributed by atoms with van der Waals surface area (Å²) in [6.07, 6.45) is 3.41. The fourth-order valence-electron chi connectivity index (χ4n) is 3.25. The first-order valence-electron chi connectivity index (χ1n) is 9.54. The van der Waals surface area contributed by atoms with E-state index < -0.39 is 9.84 Å². The summed E-state index contributed by atoms with van der Waals surface area (Å²) in [6.45, 7) is 4.25. The molecule has 1 fully saturated rings. The number of hydrogen-bond acceptors (Lipinski definition) is 3. The zero-order valence-electron chi connectivity index (χ0n) is 16.0. The Bertz CT molecular complexity index is 884. The van der Waals surface area contributed by atoms with Crippen LogP contribution in [0, 0.1) is 0 Å². The molecule has 27 heavy (non-hydrogen) atoms. The number of benzene rings is 2. The number of amides is 1. The van der Waals surface area contributed by atoms with Crippen molar-refractivity contribution in [3.8, 4) is 0 Å². The van der Waals surface area contributed by atoms with Gasteiger partial charge in [-0.05, 0) is 61.9 Å². The number of nitrogens with zero attached hydrogens (tertiary/aromatic N) is 1. The monoisotopic (exact) mass is 385 g/mol. The zero-order valence-corrected chi connectivity index (χ0v) is 16.8. The second-order valence-corrected chi connectivity index (χ2v) is 10.0. The van der Waals surface area contributed by atoms with E-state index in [0.717, 1.165) is 37.1 Å². The Morgan fingerprint density at radius 3 is 1.89 bits per heavy atom. The Morgan fingerprint density at radius 1 is 0.889 bits per heavy atom. The number of carbonyl (C=O) groups is 1. The highest BCUT2D eigenvalue weighted by atomic mass is 32.2. The summed E-state index contributed by atoms with van der Waals surface area (Å²) < 4.78 is 24.0. The van der Waals surface area contributed by atoms with E-state index in [0.29, 0.717) is 6.42 Å². The summed E-state index contributed by atoms with van der Waals surface area (Å²) in [5, 5.41) is -0.351. The summed E-state index contributed by atoms with van der Waals surface area (Å²) in [7, 11) is -3.06.